The quantitative estimate of drug-likeness (QED) is 0.485. The van der Waals surface area contributed by atoms with E-state index in [0.717, 1.165) is 11.6 Å². The van der Waals surface area contributed by atoms with Gasteiger partial charge in [0.2, 0.25) is 0 Å². The maximum Gasteiger partial charge on any atom is 0.417 e. The number of hydrogen-bond donors (Lipinski definition) is 0. The number of ether oxygens (including phenoxy) is 1. The maximum absolute atomic E-state index is 13.2. The van der Waals surface area contributed by atoms with Gasteiger partial charge in [-0.3, -0.25) is 4.79 Å². The largest absolute Gasteiger partial charge is 0.417 e. The van der Waals surface area contributed by atoms with E-state index < -0.39 is 17.7 Å². The van der Waals surface area contributed by atoms with Crippen LogP contribution >= 0.6 is 0 Å². The molecule has 0 unspecified atom stereocenters. The molecule has 0 amide bonds. The van der Waals surface area contributed by atoms with Crippen LogP contribution in [-0.2, 0) is 22.1 Å². The summed E-state index contributed by atoms with van der Waals surface area (Å²) >= 11 is 0. The molecular weight excluding hydrogens is 321 g/mol. The Morgan fingerprint density at radius 2 is 1.83 bits per heavy atom. The molecule has 2 aromatic carbocycles. The second-order valence-electron chi connectivity index (χ2n) is 5.24. The van der Waals surface area contributed by atoms with Gasteiger partial charge >= 0.3 is 18.6 Å². The number of carbonyl (C=O) groups is 2. The lowest BCUT2D eigenvalue weighted by molar-refractivity contribution is -0.137. The average Bonchev–Trinajstić information content (AvgIpc) is 2.97. The molecule has 1 aliphatic rings. The second kappa shape index (κ2) is 5.96. The van der Waals surface area contributed by atoms with Crippen molar-refractivity contribution in [1.29, 1.82) is 0 Å². The van der Waals surface area contributed by atoms with Crippen molar-refractivity contribution in [2.45, 2.75) is 12.6 Å². The van der Waals surface area contributed by atoms with Gasteiger partial charge in [-0.2, -0.15) is 13.2 Å². The third-order valence-corrected chi connectivity index (χ3v) is 3.84. The number of carbonyl (C=O) groups excluding carboxylic acids is 2. The van der Waals surface area contributed by atoms with Crippen LogP contribution < -0.4 is 0 Å². The Morgan fingerprint density at radius 3 is 2.54 bits per heavy atom. The van der Waals surface area contributed by atoms with E-state index in [1.807, 2.05) is 0 Å². The Morgan fingerprint density at radius 1 is 1.08 bits per heavy atom. The molecule has 0 aromatic heterocycles. The molecule has 0 atom stereocenters. The highest BCUT2D eigenvalue weighted by molar-refractivity contribution is 5.96. The van der Waals surface area contributed by atoms with Gasteiger partial charge in [0.1, 0.15) is 0 Å². The van der Waals surface area contributed by atoms with Gasteiger partial charge in [0, 0.05) is 0 Å². The molecule has 0 aliphatic heterocycles. The van der Waals surface area contributed by atoms with Gasteiger partial charge in [-0.1, -0.05) is 30.3 Å². The summed E-state index contributed by atoms with van der Waals surface area (Å²) in [6.45, 7) is 0.0191. The first-order valence-corrected chi connectivity index (χ1v) is 7.06. The van der Waals surface area contributed by atoms with E-state index in [1.54, 1.807) is 12.1 Å². The summed E-state index contributed by atoms with van der Waals surface area (Å²) in [4.78, 5) is 21.9. The van der Waals surface area contributed by atoms with Crippen LogP contribution in [0.4, 0.5) is 13.2 Å². The van der Waals surface area contributed by atoms with Crippen LogP contribution in [-0.4, -0.2) is 12.4 Å². The van der Waals surface area contributed by atoms with Crippen molar-refractivity contribution in [2.24, 2.45) is 0 Å². The van der Waals surface area contributed by atoms with E-state index in [2.05, 4.69) is 4.74 Å². The first-order chi connectivity index (χ1) is 11.4. The van der Waals surface area contributed by atoms with Crippen molar-refractivity contribution in [1.82, 2.24) is 0 Å². The Kier molecular flexibility index (Phi) is 3.97. The van der Waals surface area contributed by atoms with E-state index in [-0.39, 0.29) is 17.6 Å². The summed E-state index contributed by atoms with van der Waals surface area (Å²) in [6, 6.07) is 9.88. The lowest BCUT2D eigenvalue weighted by Gasteiger charge is -2.15. The average molecular weight is 332 g/mol. The van der Waals surface area contributed by atoms with Gasteiger partial charge in [-0.25, -0.2) is 4.79 Å². The Hall–Kier alpha value is -2.89. The summed E-state index contributed by atoms with van der Waals surface area (Å²) in [6.07, 6.45) is -2.31. The zero-order chi connectivity index (χ0) is 17.3. The highest BCUT2D eigenvalue weighted by Gasteiger charge is 2.34. The predicted octanol–water partition coefficient (Wildman–Crippen LogP) is 4.01. The number of halogens is 3. The lowest BCUT2D eigenvalue weighted by atomic mass is 9.93. The van der Waals surface area contributed by atoms with Crippen LogP contribution in [0.3, 0.4) is 0 Å². The summed E-state index contributed by atoms with van der Waals surface area (Å²) in [5.74, 6) is -0.844. The molecule has 0 fully saturated rings. The van der Waals surface area contributed by atoms with Crippen LogP contribution in [0.5, 0.6) is 0 Å². The second-order valence-corrected chi connectivity index (χ2v) is 5.24. The van der Waals surface area contributed by atoms with E-state index in [4.69, 9.17) is 0 Å². The van der Waals surface area contributed by atoms with Gasteiger partial charge in [-0.15, -0.1) is 0 Å². The molecule has 24 heavy (non-hydrogen) atoms. The molecule has 3 rings (SSSR count). The number of allylic oxidation sites excluding steroid dienone is 1. The SMILES string of the molecule is O=COC(=O)c1ccc2c(c1)C(c1ccccc1C(F)(F)F)=CC2. The summed E-state index contributed by atoms with van der Waals surface area (Å²) < 4.78 is 44.0. The van der Waals surface area contributed by atoms with Gasteiger partial charge in [0.25, 0.3) is 0 Å². The lowest BCUT2D eigenvalue weighted by Crippen LogP contribution is -2.09. The summed E-state index contributed by atoms with van der Waals surface area (Å²) in [5, 5.41) is 0. The molecule has 122 valence electrons. The summed E-state index contributed by atoms with van der Waals surface area (Å²) in [7, 11) is 0. The van der Waals surface area contributed by atoms with E-state index in [1.165, 1.54) is 30.3 Å². The van der Waals surface area contributed by atoms with Gasteiger partial charge in [-0.05, 0) is 46.9 Å². The predicted molar refractivity (Wildman–Crippen MR) is 80.1 cm³/mol. The van der Waals surface area contributed by atoms with Crippen LogP contribution in [0.2, 0.25) is 0 Å². The minimum atomic E-state index is -4.48. The molecular formula is C18H11F3O3. The Balaban J connectivity index is 2.08. The Labute approximate surface area is 135 Å². The standard InChI is InChI=1S/C18H11F3O3/c19-18(20,21)16-4-2-1-3-14(16)13-8-7-11-5-6-12(9-15(11)13)17(23)24-10-22/h1-6,8-10H,7H2. The minimum absolute atomic E-state index is 0.0191. The maximum atomic E-state index is 13.2. The molecule has 0 radical (unpaired) electrons. The Bertz CT molecular complexity index is 851. The van der Waals surface area contributed by atoms with Gasteiger partial charge in [0.15, 0.2) is 0 Å². The van der Waals surface area contributed by atoms with Crippen molar-refractivity contribution in [2.75, 3.05) is 0 Å². The molecule has 0 N–H and O–H groups in total. The number of rotatable bonds is 3. The van der Waals surface area contributed by atoms with Crippen LogP contribution in [0.25, 0.3) is 5.57 Å². The zero-order valence-electron chi connectivity index (χ0n) is 12.3. The van der Waals surface area contributed by atoms with Gasteiger partial charge in [0.05, 0.1) is 11.1 Å². The highest BCUT2D eigenvalue weighted by Crippen LogP contribution is 2.40. The van der Waals surface area contributed by atoms with Crippen molar-refractivity contribution in [3.63, 3.8) is 0 Å². The fraction of sp³-hybridized carbons (Fsp3) is 0.111. The molecule has 0 saturated heterocycles. The normalized spacial score (nSPS) is 13.2. The molecule has 6 heteroatoms. The van der Waals surface area contributed by atoms with E-state index in [9.17, 15) is 22.8 Å². The third-order valence-electron chi connectivity index (χ3n) is 3.84. The minimum Gasteiger partial charge on any atom is -0.392 e. The molecule has 0 spiro atoms. The molecule has 2 aromatic rings. The number of fused-ring (bicyclic) bond motifs is 1. The summed E-state index contributed by atoms with van der Waals surface area (Å²) in [5.41, 5.74) is 1.20. The fourth-order valence-electron chi connectivity index (χ4n) is 2.79. The van der Waals surface area contributed by atoms with Crippen molar-refractivity contribution in [3.05, 3.63) is 76.4 Å². The van der Waals surface area contributed by atoms with Crippen molar-refractivity contribution < 1.29 is 27.5 Å². The fourth-order valence-corrected chi connectivity index (χ4v) is 2.79. The van der Waals surface area contributed by atoms with Gasteiger partial charge < -0.3 is 4.74 Å². The van der Waals surface area contributed by atoms with E-state index >= 15 is 0 Å². The van der Waals surface area contributed by atoms with Crippen LogP contribution in [0, 0.1) is 0 Å². The molecule has 0 bridgehead atoms. The molecule has 0 heterocycles. The van der Waals surface area contributed by atoms with Crippen LogP contribution in [0.15, 0.2) is 48.5 Å². The zero-order valence-corrected chi connectivity index (χ0v) is 12.3. The molecule has 0 saturated carbocycles. The number of alkyl halides is 3. The van der Waals surface area contributed by atoms with Crippen molar-refractivity contribution >= 4 is 18.0 Å². The first-order valence-electron chi connectivity index (χ1n) is 7.06. The first kappa shape index (κ1) is 16.0. The molecule has 3 nitrogen and oxygen atoms in total. The monoisotopic (exact) mass is 332 g/mol. The number of esters is 1. The number of benzene rings is 2. The highest BCUT2D eigenvalue weighted by atomic mass is 19.4. The molecule has 1 aliphatic carbocycles. The smallest absolute Gasteiger partial charge is 0.392 e. The topological polar surface area (TPSA) is 43.4 Å². The van der Waals surface area contributed by atoms with Crippen LogP contribution in [0.1, 0.15) is 32.6 Å². The third kappa shape index (κ3) is 2.82. The van der Waals surface area contributed by atoms with Crippen molar-refractivity contribution in [3.8, 4) is 0 Å². The van der Waals surface area contributed by atoms with E-state index in [0.29, 0.717) is 17.6 Å². The number of hydrogen-bond acceptors (Lipinski definition) is 3.